The van der Waals surface area contributed by atoms with E-state index in [1.807, 2.05) is 4.57 Å². The Labute approximate surface area is 165 Å². The summed E-state index contributed by atoms with van der Waals surface area (Å²) in [5.41, 5.74) is 1.12. The van der Waals surface area contributed by atoms with Crippen LogP contribution >= 0.6 is 0 Å². The Balaban J connectivity index is 2.03. The van der Waals surface area contributed by atoms with Gasteiger partial charge in [-0.05, 0) is 24.8 Å². The highest BCUT2D eigenvalue weighted by molar-refractivity contribution is 5.95. The first-order valence-corrected chi connectivity index (χ1v) is 9.34. The molecule has 5 nitrogen and oxygen atoms in total. The molecule has 0 radical (unpaired) electrons. The van der Waals surface area contributed by atoms with Gasteiger partial charge in [0.2, 0.25) is 0 Å². The van der Waals surface area contributed by atoms with Crippen LogP contribution < -0.4 is 10.2 Å². The first kappa shape index (κ1) is 19.4. The summed E-state index contributed by atoms with van der Waals surface area (Å²) < 4.78 is 38.1. The van der Waals surface area contributed by atoms with E-state index in [-0.39, 0.29) is 34.1 Å². The largest absolute Gasteiger partial charge is 0.450 e. The normalized spacial score (nSPS) is 16.0. The highest BCUT2D eigenvalue weighted by atomic mass is 19.3. The molecule has 0 saturated carbocycles. The minimum atomic E-state index is -2.97. The van der Waals surface area contributed by atoms with Crippen LogP contribution in [0.2, 0.25) is 0 Å². The SMILES string of the molecule is CC(=O)c1cn2c(cc1=O)-c1oc3c(OC(F)F)cccc3c1C[C@H]2C(C)(C)C. The summed E-state index contributed by atoms with van der Waals surface area (Å²) >= 11 is 0. The zero-order chi connectivity index (χ0) is 21.1. The molecule has 0 bridgehead atoms. The molecule has 2 aromatic heterocycles. The summed E-state index contributed by atoms with van der Waals surface area (Å²) in [5, 5.41) is 0.682. The third kappa shape index (κ3) is 3.14. The number of aromatic nitrogens is 1. The van der Waals surface area contributed by atoms with E-state index < -0.39 is 12.0 Å². The number of carbonyl (C=O) groups is 1. The van der Waals surface area contributed by atoms with Gasteiger partial charge < -0.3 is 13.7 Å². The third-order valence-electron chi connectivity index (χ3n) is 5.42. The number of fused-ring (bicyclic) bond motifs is 5. The van der Waals surface area contributed by atoms with Gasteiger partial charge in [-0.2, -0.15) is 8.78 Å². The van der Waals surface area contributed by atoms with Gasteiger partial charge in [-0.1, -0.05) is 32.9 Å². The summed E-state index contributed by atoms with van der Waals surface area (Å²) in [5.74, 6) is 0.0902. The highest BCUT2D eigenvalue weighted by Gasteiger charge is 2.36. The minimum absolute atomic E-state index is 0.0477. The Morgan fingerprint density at radius 2 is 2.03 bits per heavy atom. The number of nitrogens with zero attached hydrogens (tertiary/aromatic N) is 1. The van der Waals surface area contributed by atoms with E-state index in [4.69, 9.17) is 4.42 Å². The molecule has 0 spiro atoms. The first-order valence-electron chi connectivity index (χ1n) is 9.34. The molecular formula is C22H21F2NO4. The molecule has 1 aliphatic rings. The molecular weight excluding hydrogens is 380 g/mol. The second-order valence-electron chi connectivity index (χ2n) is 8.41. The molecule has 0 aliphatic carbocycles. The van der Waals surface area contributed by atoms with E-state index in [0.717, 1.165) is 5.56 Å². The number of ether oxygens (including phenoxy) is 1. The molecule has 3 heterocycles. The average molecular weight is 401 g/mol. The van der Waals surface area contributed by atoms with Crippen LogP contribution in [-0.2, 0) is 6.42 Å². The molecule has 7 heteroatoms. The van der Waals surface area contributed by atoms with Crippen molar-refractivity contribution in [1.29, 1.82) is 0 Å². The number of Topliss-reactive ketones (excluding diaryl/α,β-unsaturated/α-hetero) is 1. The Kier molecular flexibility index (Phi) is 4.37. The van der Waals surface area contributed by atoms with E-state index >= 15 is 0 Å². The zero-order valence-corrected chi connectivity index (χ0v) is 16.6. The van der Waals surface area contributed by atoms with Crippen LogP contribution in [-0.4, -0.2) is 17.0 Å². The molecule has 3 aromatic rings. The Morgan fingerprint density at radius 1 is 1.31 bits per heavy atom. The van der Waals surface area contributed by atoms with Crippen LogP contribution in [0.25, 0.3) is 22.4 Å². The number of pyridine rings is 1. The number of halogens is 2. The molecule has 29 heavy (non-hydrogen) atoms. The summed E-state index contributed by atoms with van der Waals surface area (Å²) in [7, 11) is 0. The number of rotatable bonds is 3. The van der Waals surface area contributed by atoms with Crippen molar-refractivity contribution in [2.24, 2.45) is 5.41 Å². The van der Waals surface area contributed by atoms with E-state index in [0.29, 0.717) is 23.3 Å². The van der Waals surface area contributed by atoms with Crippen LogP contribution in [0.3, 0.4) is 0 Å². The first-order chi connectivity index (χ1) is 13.6. The molecule has 0 amide bonds. The van der Waals surface area contributed by atoms with Crippen LogP contribution in [0, 0.1) is 5.41 Å². The van der Waals surface area contributed by atoms with Crippen molar-refractivity contribution in [2.45, 2.75) is 46.8 Å². The van der Waals surface area contributed by atoms with E-state index in [1.54, 1.807) is 18.3 Å². The fourth-order valence-electron chi connectivity index (χ4n) is 4.01. The fourth-order valence-corrected chi connectivity index (χ4v) is 4.01. The third-order valence-corrected chi connectivity index (χ3v) is 5.42. The lowest BCUT2D eigenvalue weighted by molar-refractivity contribution is -0.0493. The maximum Gasteiger partial charge on any atom is 0.387 e. The van der Waals surface area contributed by atoms with Gasteiger partial charge in [-0.25, -0.2) is 0 Å². The van der Waals surface area contributed by atoms with Crippen LogP contribution in [0.5, 0.6) is 5.75 Å². The number of alkyl halides is 2. The quantitative estimate of drug-likeness (QED) is 0.566. The lowest BCUT2D eigenvalue weighted by Gasteiger charge is -2.37. The van der Waals surface area contributed by atoms with Crippen molar-refractivity contribution in [1.82, 2.24) is 4.57 Å². The van der Waals surface area contributed by atoms with Crippen LogP contribution in [0.4, 0.5) is 8.78 Å². The van der Waals surface area contributed by atoms with Crippen molar-refractivity contribution >= 4 is 16.8 Å². The topological polar surface area (TPSA) is 61.4 Å². The number of benzene rings is 1. The van der Waals surface area contributed by atoms with Crippen molar-refractivity contribution in [3.63, 3.8) is 0 Å². The van der Waals surface area contributed by atoms with Crippen LogP contribution in [0.15, 0.2) is 39.7 Å². The van der Waals surface area contributed by atoms with Crippen molar-refractivity contribution in [3.8, 4) is 17.2 Å². The van der Waals surface area contributed by atoms with E-state index in [1.165, 1.54) is 19.1 Å². The predicted molar refractivity (Wildman–Crippen MR) is 105 cm³/mol. The molecule has 1 aromatic carbocycles. The van der Waals surface area contributed by atoms with Gasteiger partial charge in [0.25, 0.3) is 0 Å². The number of hydrogen-bond donors (Lipinski definition) is 0. The lowest BCUT2D eigenvalue weighted by atomic mass is 9.79. The van der Waals surface area contributed by atoms with Gasteiger partial charge in [-0.3, -0.25) is 9.59 Å². The maximum absolute atomic E-state index is 12.8. The maximum atomic E-state index is 12.8. The number of hydrogen-bond acceptors (Lipinski definition) is 4. The number of furan rings is 1. The van der Waals surface area contributed by atoms with Gasteiger partial charge in [-0.15, -0.1) is 0 Å². The monoisotopic (exact) mass is 401 g/mol. The summed E-state index contributed by atoms with van der Waals surface area (Å²) in [4.78, 5) is 24.4. The van der Waals surface area contributed by atoms with Gasteiger partial charge in [0.15, 0.2) is 28.3 Å². The Morgan fingerprint density at radius 3 is 2.66 bits per heavy atom. The number of para-hydroxylation sites is 1. The van der Waals surface area contributed by atoms with Crippen molar-refractivity contribution in [3.05, 3.63) is 51.8 Å². The molecule has 4 rings (SSSR count). The Hall–Kier alpha value is -2.96. The van der Waals surface area contributed by atoms with Crippen molar-refractivity contribution < 1.29 is 22.7 Å². The second kappa shape index (κ2) is 6.54. The molecule has 0 fully saturated rings. The average Bonchev–Trinajstić information content (AvgIpc) is 2.99. The summed E-state index contributed by atoms with van der Waals surface area (Å²) in [6.07, 6.45) is 2.15. The van der Waals surface area contributed by atoms with Crippen molar-refractivity contribution in [2.75, 3.05) is 0 Å². The number of carbonyl (C=O) groups excluding carboxylic acids is 1. The van der Waals surface area contributed by atoms with Gasteiger partial charge in [0.1, 0.15) is 0 Å². The van der Waals surface area contributed by atoms with Gasteiger partial charge in [0.05, 0.1) is 11.3 Å². The zero-order valence-electron chi connectivity index (χ0n) is 16.6. The molecule has 0 saturated heterocycles. The molecule has 0 unspecified atom stereocenters. The highest BCUT2D eigenvalue weighted by Crippen LogP contribution is 2.47. The van der Waals surface area contributed by atoms with E-state index in [2.05, 4.69) is 25.5 Å². The molecule has 152 valence electrons. The second-order valence-corrected chi connectivity index (χ2v) is 8.41. The number of ketones is 1. The van der Waals surface area contributed by atoms with Gasteiger partial charge >= 0.3 is 6.61 Å². The molecule has 0 N–H and O–H groups in total. The summed E-state index contributed by atoms with van der Waals surface area (Å²) in [6.45, 7) is 4.61. The fraction of sp³-hybridized carbons (Fsp3) is 0.364. The lowest BCUT2D eigenvalue weighted by Crippen LogP contribution is -2.32. The Bertz CT molecular complexity index is 1180. The predicted octanol–water partition coefficient (Wildman–Crippen LogP) is 5.21. The van der Waals surface area contributed by atoms with Gasteiger partial charge in [0, 0.05) is 29.3 Å². The minimum Gasteiger partial charge on any atom is -0.450 e. The van der Waals surface area contributed by atoms with E-state index in [9.17, 15) is 18.4 Å². The standard InChI is InChI=1S/C22H21F2NO4/c1-11(26)14-10-25-15(9-16(14)27)19-13(8-18(25)22(2,3)4)12-6-5-7-17(20(12)29-19)28-21(23)24/h5-7,9-10,18,21H,8H2,1-4H3/t18-/m0/s1. The smallest absolute Gasteiger partial charge is 0.387 e. The molecule has 1 aliphatic heterocycles. The summed E-state index contributed by atoms with van der Waals surface area (Å²) in [6, 6.07) is 6.19. The van der Waals surface area contributed by atoms with Crippen LogP contribution in [0.1, 0.15) is 49.7 Å². The molecule has 1 atom stereocenters.